The molecule has 1 aromatic heterocycles. The van der Waals surface area contributed by atoms with Crippen LogP contribution >= 0.6 is 0 Å². The van der Waals surface area contributed by atoms with E-state index in [1.165, 1.54) is 31.7 Å². The van der Waals surface area contributed by atoms with Gasteiger partial charge >= 0.3 is 11.6 Å². The first-order valence-corrected chi connectivity index (χ1v) is 16.3. The lowest BCUT2D eigenvalue weighted by Gasteiger charge is -2.65. The van der Waals surface area contributed by atoms with Gasteiger partial charge in [-0.2, -0.15) is 0 Å². The number of esters is 1. The number of hydrogen-bond acceptors (Lipinski definition) is 7. The van der Waals surface area contributed by atoms with Gasteiger partial charge < -0.3 is 24.2 Å². The molecule has 2 N–H and O–H groups in total. The number of aldehydes is 1. The van der Waals surface area contributed by atoms with Crippen molar-refractivity contribution in [2.45, 2.75) is 146 Å². The SMILES string of the molecule is CCCCCCCCCC(=O)OC1CCC2(C=O)C3CCC4(C)C(c5ccc(=O)oc5)CCC4(O)C3CCC2(O)C1. The molecule has 0 radical (unpaired) electrons. The Kier molecular flexibility index (Phi) is 8.88. The topological polar surface area (TPSA) is 114 Å². The summed E-state index contributed by atoms with van der Waals surface area (Å²) in [7, 11) is 0. The summed E-state index contributed by atoms with van der Waals surface area (Å²) < 4.78 is 11.0. The van der Waals surface area contributed by atoms with E-state index in [2.05, 4.69) is 13.8 Å². The van der Waals surface area contributed by atoms with Crippen molar-refractivity contribution in [1.82, 2.24) is 0 Å². The summed E-state index contributed by atoms with van der Waals surface area (Å²) in [4.78, 5) is 37.2. The van der Waals surface area contributed by atoms with Crippen LogP contribution in [0, 0.1) is 22.7 Å². The zero-order valence-electron chi connectivity index (χ0n) is 25.1. The van der Waals surface area contributed by atoms with Crippen molar-refractivity contribution in [3.05, 3.63) is 34.4 Å². The van der Waals surface area contributed by atoms with E-state index in [1.807, 2.05) is 6.07 Å². The van der Waals surface area contributed by atoms with Crippen molar-refractivity contribution in [2.24, 2.45) is 22.7 Å². The average molecular weight is 571 g/mol. The number of aliphatic hydroxyl groups is 2. The van der Waals surface area contributed by atoms with Crippen LogP contribution in [0.3, 0.4) is 0 Å². The largest absolute Gasteiger partial charge is 0.462 e. The zero-order valence-corrected chi connectivity index (χ0v) is 25.1. The van der Waals surface area contributed by atoms with Gasteiger partial charge in [-0.05, 0) is 87.2 Å². The number of rotatable bonds is 11. The highest BCUT2D eigenvalue weighted by Gasteiger charge is 2.71. The van der Waals surface area contributed by atoms with Crippen molar-refractivity contribution in [2.75, 3.05) is 0 Å². The van der Waals surface area contributed by atoms with Crippen LogP contribution in [-0.4, -0.2) is 39.8 Å². The molecule has 1 heterocycles. The third kappa shape index (κ3) is 5.24. The molecule has 0 aliphatic heterocycles. The van der Waals surface area contributed by atoms with Gasteiger partial charge in [0.1, 0.15) is 12.4 Å². The van der Waals surface area contributed by atoms with Crippen LogP contribution < -0.4 is 5.63 Å². The monoisotopic (exact) mass is 570 g/mol. The molecule has 4 aliphatic rings. The summed E-state index contributed by atoms with van der Waals surface area (Å²) >= 11 is 0. The van der Waals surface area contributed by atoms with Crippen molar-refractivity contribution in [3.63, 3.8) is 0 Å². The Bertz CT molecular complexity index is 1130. The van der Waals surface area contributed by atoms with Gasteiger partial charge in [-0.1, -0.05) is 52.4 Å². The van der Waals surface area contributed by atoms with Gasteiger partial charge in [0.15, 0.2) is 0 Å². The normalized spacial score (nSPS) is 39.8. The number of carbonyl (C=O) groups excluding carboxylic acids is 2. The maximum absolute atomic E-state index is 13.0. The lowest BCUT2D eigenvalue weighted by molar-refractivity contribution is -0.248. The van der Waals surface area contributed by atoms with E-state index < -0.39 is 22.0 Å². The summed E-state index contributed by atoms with van der Waals surface area (Å²) in [5, 5.41) is 24.5. The smallest absolute Gasteiger partial charge is 0.335 e. The van der Waals surface area contributed by atoms with E-state index in [9.17, 15) is 24.6 Å². The van der Waals surface area contributed by atoms with Crippen molar-refractivity contribution < 1.29 is 29.0 Å². The fourth-order valence-electron chi connectivity index (χ4n) is 9.81. The lowest BCUT2D eigenvalue weighted by Crippen LogP contribution is -2.68. The highest BCUT2D eigenvalue weighted by molar-refractivity contribution is 5.69. The van der Waals surface area contributed by atoms with E-state index in [0.717, 1.165) is 50.4 Å². The molecule has 41 heavy (non-hydrogen) atoms. The van der Waals surface area contributed by atoms with Crippen molar-refractivity contribution in [3.8, 4) is 0 Å². The molecule has 0 spiro atoms. The van der Waals surface area contributed by atoms with Crippen LogP contribution in [0.15, 0.2) is 27.6 Å². The standard InChI is InChI=1S/C34H50O7/c1-3-4-5-6-7-8-9-10-30(37)41-25-13-18-32(23-35)27-14-17-31(2)26(24-11-12-29(36)40-22-24)16-20-34(31,39)28(27)15-19-33(32,38)21-25/h11-12,22-23,25-28,38-39H,3-10,13-21H2,1-2H3. The van der Waals surface area contributed by atoms with Gasteiger partial charge in [0.05, 0.1) is 22.9 Å². The minimum absolute atomic E-state index is 0.0669. The van der Waals surface area contributed by atoms with E-state index in [4.69, 9.17) is 9.15 Å². The van der Waals surface area contributed by atoms with E-state index in [0.29, 0.717) is 44.9 Å². The predicted octanol–water partition coefficient (Wildman–Crippen LogP) is 6.23. The van der Waals surface area contributed by atoms with Crippen LogP contribution in [0.5, 0.6) is 0 Å². The molecule has 5 rings (SSSR count). The van der Waals surface area contributed by atoms with Crippen LogP contribution in [0.4, 0.5) is 0 Å². The van der Waals surface area contributed by atoms with Crippen LogP contribution in [-0.2, 0) is 14.3 Å². The Balaban J connectivity index is 1.24. The number of unbranched alkanes of at least 4 members (excludes halogenated alkanes) is 6. The Hall–Kier alpha value is -1.99. The molecule has 8 atom stereocenters. The van der Waals surface area contributed by atoms with Gasteiger partial charge in [0.25, 0.3) is 0 Å². The molecule has 4 saturated carbocycles. The van der Waals surface area contributed by atoms with E-state index in [1.54, 1.807) is 6.26 Å². The average Bonchev–Trinajstić information content (AvgIpc) is 3.23. The Morgan fingerprint density at radius 2 is 1.71 bits per heavy atom. The van der Waals surface area contributed by atoms with E-state index in [-0.39, 0.29) is 35.5 Å². The Labute approximate surface area is 244 Å². The molecule has 7 nitrogen and oxygen atoms in total. The van der Waals surface area contributed by atoms with Crippen molar-refractivity contribution >= 4 is 12.3 Å². The number of fused-ring (bicyclic) bond motifs is 5. The minimum atomic E-state index is -1.23. The summed E-state index contributed by atoms with van der Waals surface area (Å²) in [6.45, 7) is 4.36. The maximum atomic E-state index is 13.0. The minimum Gasteiger partial charge on any atom is -0.462 e. The molecule has 4 fully saturated rings. The molecule has 7 heteroatoms. The van der Waals surface area contributed by atoms with Crippen LogP contribution in [0.2, 0.25) is 0 Å². The first-order chi connectivity index (χ1) is 19.6. The summed E-state index contributed by atoms with van der Waals surface area (Å²) in [6, 6.07) is 3.27. The number of carbonyl (C=O) groups is 2. The Morgan fingerprint density at radius 3 is 2.41 bits per heavy atom. The molecule has 4 aliphatic carbocycles. The summed E-state index contributed by atoms with van der Waals surface area (Å²) in [6.07, 6.45) is 15.8. The van der Waals surface area contributed by atoms with Gasteiger partial charge in [0.2, 0.25) is 0 Å². The predicted molar refractivity (Wildman–Crippen MR) is 155 cm³/mol. The first-order valence-electron chi connectivity index (χ1n) is 16.3. The number of ether oxygens (including phenoxy) is 1. The van der Waals surface area contributed by atoms with Gasteiger partial charge in [-0.15, -0.1) is 0 Å². The van der Waals surface area contributed by atoms with Gasteiger partial charge in [-0.25, -0.2) is 4.79 Å². The van der Waals surface area contributed by atoms with Gasteiger partial charge in [-0.3, -0.25) is 4.79 Å². The van der Waals surface area contributed by atoms with Crippen LogP contribution in [0.1, 0.15) is 134 Å². The van der Waals surface area contributed by atoms with Crippen molar-refractivity contribution in [1.29, 1.82) is 0 Å². The molecule has 228 valence electrons. The molecular weight excluding hydrogens is 520 g/mol. The highest BCUT2D eigenvalue weighted by atomic mass is 16.5. The summed E-state index contributed by atoms with van der Waals surface area (Å²) in [5.74, 6) is -0.342. The third-order valence-corrected chi connectivity index (χ3v) is 12.1. The molecule has 0 bridgehead atoms. The Morgan fingerprint density at radius 1 is 0.976 bits per heavy atom. The molecule has 8 unspecified atom stereocenters. The quantitative estimate of drug-likeness (QED) is 0.184. The molecule has 0 amide bonds. The molecule has 0 aromatic carbocycles. The maximum Gasteiger partial charge on any atom is 0.335 e. The highest BCUT2D eigenvalue weighted by Crippen LogP contribution is 2.71. The number of hydrogen-bond donors (Lipinski definition) is 2. The fraction of sp³-hybridized carbons (Fsp3) is 0.794. The van der Waals surface area contributed by atoms with E-state index >= 15 is 0 Å². The lowest BCUT2D eigenvalue weighted by atomic mass is 9.41. The second kappa shape index (κ2) is 11.9. The second-order valence-electron chi connectivity index (χ2n) is 14.0. The van der Waals surface area contributed by atoms with Crippen LogP contribution in [0.25, 0.3) is 0 Å². The second-order valence-corrected chi connectivity index (χ2v) is 14.0. The van der Waals surface area contributed by atoms with Gasteiger partial charge in [0, 0.05) is 24.3 Å². The third-order valence-electron chi connectivity index (χ3n) is 12.1. The first kappa shape index (κ1) is 30.5. The molecule has 1 aromatic rings. The molecular formula is C34H50O7. The fourth-order valence-corrected chi connectivity index (χ4v) is 9.81. The zero-order chi connectivity index (χ0) is 29.3. The summed E-state index contributed by atoms with van der Waals surface area (Å²) in [5.41, 5.74) is -2.98. The molecule has 0 saturated heterocycles.